The van der Waals surface area contributed by atoms with Gasteiger partial charge in [0, 0.05) is 12.2 Å². The molecule has 0 saturated heterocycles. The van der Waals surface area contributed by atoms with E-state index in [1.807, 2.05) is 48.7 Å². The van der Waals surface area contributed by atoms with Gasteiger partial charge in [0.2, 0.25) is 0 Å². The number of rotatable bonds is 8. The molecule has 146 valence electrons. The number of likely N-dealkylation sites (N-methyl/N-ethyl adjacent to an activating group) is 1. The first-order valence-electron chi connectivity index (χ1n) is 8.71. The predicted molar refractivity (Wildman–Crippen MR) is 104 cm³/mol. The van der Waals surface area contributed by atoms with Crippen molar-refractivity contribution in [3.05, 3.63) is 58.4 Å². The Morgan fingerprint density at radius 3 is 2.68 bits per heavy atom. The van der Waals surface area contributed by atoms with Crippen LogP contribution >= 0.6 is 11.3 Å². The van der Waals surface area contributed by atoms with E-state index in [1.54, 1.807) is 6.07 Å². The highest BCUT2D eigenvalue weighted by atomic mass is 32.1. The van der Waals surface area contributed by atoms with E-state index in [9.17, 15) is 14.4 Å². The van der Waals surface area contributed by atoms with Gasteiger partial charge in [-0.1, -0.05) is 24.3 Å². The van der Waals surface area contributed by atoms with Crippen LogP contribution in [0.5, 0.6) is 0 Å². The van der Waals surface area contributed by atoms with E-state index in [-0.39, 0.29) is 31.4 Å². The number of ether oxygens (including phenoxy) is 1. The molecule has 8 nitrogen and oxygen atoms in total. The van der Waals surface area contributed by atoms with Crippen molar-refractivity contribution in [2.75, 3.05) is 18.1 Å². The predicted octanol–water partition coefficient (Wildman–Crippen LogP) is 2.55. The smallest absolute Gasteiger partial charge is 0.437 e. The fourth-order valence-corrected chi connectivity index (χ4v) is 3.19. The molecule has 9 heteroatoms. The summed E-state index contributed by atoms with van der Waals surface area (Å²) in [4.78, 5) is 38.3. The molecule has 1 aromatic carbocycles. The SMILES string of the molecule is CCN(C(=O)COC(=O)CCn1nc(-c2cccs2)oc1=O)c1ccccc1. The topological polar surface area (TPSA) is 94.6 Å². The number of aromatic nitrogens is 2. The number of carbonyl (C=O) groups excluding carboxylic acids is 2. The number of anilines is 1. The fraction of sp³-hybridized carbons (Fsp3) is 0.263. The maximum Gasteiger partial charge on any atom is 0.437 e. The number of thiophene rings is 1. The van der Waals surface area contributed by atoms with E-state index in [1.165, 1.54) is 16.2 Å². The molecule has 0 unspecified atom stereocenters. The van der Waals surface area contributed by atoms with Gasteiger partial charge in [0.25, 0.3) is 11.8 Å². The number of para-hydroxylation sites is 1. The molecule has 3 aromatic rings. The number of hydrogen-bond acceptors (Lipinski definition) is 7. The Morgan fingerprint density at radius 2 is 2.00 bits per heavy atom. The van der Waals surface area contributed by atoms with Crippen molar-refractivity contribution in [2.45, 2.75) is 19.9 Å². The van der Waals surface area contributed by atoms with Crippen molar-refractivity contribution in [3.63, 3.8) is 0 Å². The van der Waals surface area contributed by atoms with Crippen LogP contribution in [-0.4, -0.2) is 34.8 Å². The molecule has 0 spiro atoms. The van der Waals surface area contributed by atoms with Crippen molar-refractivity contribution in [1.82, 2.24) is 9.78 Å². The zero-order valence-corrected chi connectivity index (χ0v) is 16.1. The average molecular weight is 401 g/mol. The molecule has 1 amide bonds. The van der Waals surface area contributed by atoms with Crippen molar-refractivity contribution >= 4 is 28.9 Å². The number of aryl methyl sites for hydroxylation is 1. The molecule has 0 aliphatic heterocycles. The molecule has 2 heterocycles. The van der Waals surface area contributed by atoms with Crippen molar-refractivity contribution in [3.8, 4) is 10.8 Å². The third-order valence-electron chi connectivity index (χ3n) is 3.91. The van der Waals surface area contributed by atoms with Gasteiger partial charge in [-0.05, 0) is 30.5 Å². The number of benzene rings is 1. The van der Waals surface area contributed by atoms with E-state index in [4.69, 9.17) is 9.15 Å². The normalized spacial score (nSPS) is 10.6. The Bertz CT molecular complexity index is 979. The van der Waals surface area contributed by atoms with Crippen LogP contribution in [-0.2, 0) is 20.9 Å². The highest BCUT2D eigenvalue weighted by Gasteiger charge is 2.17. The number of nitrogens with zero attached hydrogens (tertiary/aromatic N) is 3. The van der Waals surface area contributed by atoms with E-state index in [0.29, 0.717) is 6.54 Å². The molecule has 0 fully saturated rings. The van der Waals surface area contributed by atoms with Gasteiger partial charge in [-0.25, -0.2) is 4.79 Å². The van der Waals surface area contributed by atoms with Crippen LogP contribution in [0.1, 0.15) is 13.3 Å². The van der Waals surface area contributed by atoms with Gasteiger partial charge < -0.3 is 14.1 Å². The zero-order valence-electron chi connectivity index (χ0n) is 15.2. The van der Waals surface area contributed by atoms with Gasteiger partial charge in [0.15, 0.2) is 6.61 Å². The molecule has 0 N–H and O–H groups in total. The van der Waals surface area contributed by atoms with Crippen molar-refractivity contribution in [1.29, 1.82) is 0 Å². The summed E-state index contributed by atoms with van der Waals surface area (Å²) in [7, 11) is 0. The summed E-state index contributed by atoms with van der Waals surface area (Å²) in [5.74, 6) is -1.34. The van der Waals surface area contributed by atoms with E-state index in [0.717, 1.165) is 15.2 Å². The van der Waals surface area contributed by atoms with E-state index in [2.05, 4.69) is 5.10 Å². The first kappa shape index (κ1) is 19.6. The molecule has 0 aliphatic rings. The summed E-state index contributed by atoms with van der Waals surface area (Å²) in [6.07, 6.45) is -0.0962. The average Bonchev–Trinajstić information content (AvgIpc) is 3.36. The van der Waals surface area contributed by atoms with Gasteiger partial charge in [-0.3, -0.25) is 9.59 Å². The van der Waals surface area contributed by atoms with E-state index >= 15 is 0 Å². The second-order valence-corrected chi connectivity index (χ2v) is 6.71. The van der Waals surface area contributed by atoms with Crippen molar-refractivity contribution < 1.29 is 18.7 Å². The second-order valence-electron chi connectivity index (χ2n) is 5.76. The lowest BCUT2D eigenvalue weighted by Gasteiger charge is -2.20. The Balaban J connectivity index is 1.51. The molecule has 28 heavy (non-hydrogen) atoms. The first-order chi connectivity index (χ1) is 13.6. The maximum absolute atomic E-state index is 12.3. The largest absolute Gasteiger partial charge is 0.455 e. The molecule has 2 aromatic heterocycles. The Morgan fingerprint density at radius 1 is 1.21 bits per heavy atom. The monoisotopic (exact) mass is 401 g/mol. The molecule has 0 aliphatic carbocycles. The highest BCUT2D eigenvalue weighted by Crippen LogP contribution is 2.21. The summed E-state index contributed by atoms with van der Waals surface area (Å²) in [6.45, 7) is 1.95. The van der Waals surface area contributed by atoms with Gasteiger partial charge in [0.05, 0.1) is 17.8 Å². The molecule has 0 radical (unpaired) electrons. The Hall–Kier alpha value is -3.20. The standard InChI is InChI=1S/C19H19N3O5S/c1-2-21(14-7-4-3-5-8-14)16(23)13-26-17(24)10-11-22-19(25)27-18(20-22)15-9-6-12-28-15/h3-9,12H,2,10-11,13H2,1H3. The third-order valence-corrected chi connectivity index (χ3v) is 4.77. The quantitative estimate of drug-likeness (QED) is 0.539. The lowest BCUT2D eigenvalue weighted by Crippen LogP contribution is -2.34. The molecular weight excluding hydrogens is 382 g/mol. The minimum Gasteiger partial charge on any atom is -0.455 e. The van der Waals surface area contributed by atoms with Crippen molar-refractivity contribution in [2.24, 2.45) is 0 Å². The van der Waals surface area contributed by atoms with Gasteiger partial charge in [0.1, 0.15) is 0 Å². The first-order valence-corrected chi connectivity index (χ1v) is 9.59. The van der Waals surface area contributed by atoms with Crippen LogP contribution in [0.3, 0.4) is 0 Å². The lowest BCUT2D eigenvalue weighted by atomic mass is 10.3. The number of amides is 1. The number of esters is 1. The van der Waals surface area contributed by atoms with Crippen LogP contribution in [0.15, 0.2) is 57.1 Å². The Kier molecular flexibility index (Phi) is 6.38. The zero-order chi connectivity index (χ0) is 19.9. The van der Waals surface area contributed by atoms with Crippen LogP contribution in [0.2, 0.25) is 0 Å². The van der Waals surface area contributed by atoms with Gasteiger partial charge >= 0.3 is 11.7 Å². The Labute approximate surface area is 165 Å². The lowest BCUT2D eigenvalue weighted by molar-refractivity contribution is -0.148. The van der Waals surface area contributed by atoms with Crippen LogP contribution in [0, 0.1) is 0 Å². The van der Waals surface area contributed by atoms with E-state index < -0.39 is 11.7 Å². The molecular formula is C19H19N3O5S. The van der Waals surface area contributed by atoms with Crippen LogP contribution in [0.4, 0.5) is 5.69 Å². The number of hydrogen-bond donors (Lipinski definition) is 0. The maximum atomic E-state index is 12.3. The van der Waals surface area contributed by atoms with Crippen LogP contribution in [0.25, 0.3) is 10.8 Å². The molecule has 0 saturated carbocycles. The number of carbonyl (C=O) groups is 2. The minimum absolute atomic E-state index is 0.0108. The second kappa shape index (κ2) is 9.14. The molecule has 3 rings (SSSR count). The summed E-state index contributed by atoms with van der Waals surface area (Å²) in [5.41, 5.74) is 0.737. The summed E-state index contributed by atoms with van der Waals surface area (Å²) in [6, 6.07) is 12.7. The summed E-state index contributed by atoms with van der Waals surface area (Å²) < 4.78 is 11.2. The molecule has 0 atom stereocenters. The van der Waals surface area contributed by atoms with Gasteiger partial charge in [-0.2, -0.15) is 4.68 Å². The fourth-order valence-electron chi connectivity index (χ4n) is 2.55. The highest BCUT2D eigenvalue weighted by molar-refractivity contribution is 7.13. The minimum atomic E-state index is -0.645. The van der Waals surface area contributed by atoms with Gasteiger partial charge in [-0.15, -0.1) is 16.4 Å². The molecule has 0 bridgehead atoms. The summed E-state index contributed by atoms with van der Waals surface area (Å²) >= 11 is 1.39. The third kappa shape index (κ3) is 4.74. The van der Waals surface area contributed by atoms with Crippen LogP contribution < -0.4 is 10.7 Å². The summed E-state index contributed by atoms with van der Waals surface area (Å²) in [5, 5.41) is 5.91.